The predicted molar refractivity (Wildman–Crippen MR) is 124 cm³/mol. The van der Waals surface area contributed by atoms with Crippen LogP contribution < -0.4 is 25.8 Å². The van der Waals surface area contributed by atoms with Crippen LogP contribution in [0.1, 0.15) is 37.7 Å². The molecule has 1 fully saturated rings. The van der Waals surface area contributed by atoms with Gasteiger partial charge >= 0.3 is 5.97 Å². The summed E-state index contributed by atoms with van der Waals surface area (Å²) in [5.41, 5.74) is 0.117. The van der Waals surface area contributed by atoms with Gasteiger partial charge in [0.15, 0.2) is 0 Å². The van der Waals surface area contributed by atoms with Gasteiger partial charge in [-0.05, 0) is 31.9 Å². The number of aromatic amines is 1. The fourth-order valence-electron chi connectivity index (χ4n) is 4.25. The summed E-state index contributed by atoms with van der Waals surface area (Å²) >= 11 is 0. The van der Waals surface area contributed by atoms with Crippen LogP contribution in [0.4, 0.5) is 17.5 Å². The van der Waals surface area contributed by atoms with Crippen LogP contribution in [0.15, 0.2) is 29.1 Å². The van der Waals surface area contributed by atoms with Gasteiger partial charge < -0.3 is 25.0 Å². The number of fused-ring (bicyclic) bond motifs is 1. The van der Waals surface area contributed by atoms with Crippen molar-refractivity contribution in [2.45, 2.75) is 32.1 Å². The number of amides is 2. The van der Waals surface area contributed by atoms with E-state index < -0.39 is 23.3 Å². The summed E-state index contributed by atoms with van der Waals surface area (Å²) in [6.07, 6.45) is 0.965. The van der Waals surface area contributed by atoms with Crippen molar-refractivity contribution in [2.24, 2.45) is 5.92 Å². The number of esters is 1. The van der Waals surface area contributed by atoms with Crippen LogP contribution in [0, 0.1) is 5.92 Å². The van der Waals surface area contributed by atoms with Crippen LogP contribution >= 0.6 is 0 Å². The van der Waals surface area contributed by atoms with Gasteiger partial charge in [0.05, 0.1) is 31.1 Å². The molecule has 1 atom stereocenters. The van der Waals surface area contributed by atoms with Crippen LogP contribution in [0.25, 0.3) is 0 Å². The Hall–Kier alpha value is -3.89. The molecular weight excluding hydrogens is 442 g/mol. The first-order valence-electron chi connectivity index (χ1n) is 11.2. The Morgan fingerprint density at radius 2 is 2.00 bits per heavy atom. The molecule has 11 nitrogen and oxygen atoms in total. The van der Waals surface area contributed by atoms with Crippen molar-refractivity contribution >= 4 is 35.2 Å². The van der Waals surface area contributed by atoms with Crippen LogP contribution in [-0.4, -0.2) is 54.6 Å². The van der Waals surface area contributed by atoms with E-state index in [1.165, 1.54) is 7.11 Å². The molecule has 0 saturated carbocycles. The Morgan fingerprint density at radius 3 is 2.71 bits per heavy atom. The third-order valence-electron chi connectivity index (χ3n) is 6.01. The number of piperidine rings is 1. The van der Waals surface area contributed by atoms with E-state index in [1.54, 1.807) is 31.2 Å². The SMILES string of the molecule is CCOC(=O)C1CCN(c2nc3c(c(=O)[nH]2)C(C(=O)Nc2cccc(OC)c2)CC(=O)N3)CC1. The van der Waals surface area contributed by atoms with Crippen molar-refractivity contribution in [3.05, 3.63) is 40.2 Å². The highest BCUT2D eigenvalue weighted by Gasteiger charge is 2.36. The van der Waals surface area contributed by atoms with Crippen molar-refractivity contribution in [2.75, 3.05) is 42.3 Å². The van der Waals surface area contributed by atoms with Crippen LogP contribution in [0.2, 0.25) is 0 Å². The number of rotatable bonds is 6. The van der Waals surface area contributed by atoms with Crippen molar-refractivity contribution < 1.29 is 23.9 Å². The van der Waals surface area contributed by atoms with Gasteiger partial charge in [-0.25, -0.2) is 0 Å². The number of H-pyrrole nitrogens is 1. The Bertz CT molecular complexity index is 1150. The van der Waals surface area contributed by atoms with Crippen LogP contribution in [-0.2, 0) is 19.1 Å². The number of hydrogen-bond donors (Lipinski definition) is 3. The second-order valence-corrected chi connectivity index (χ2v) is 8.19. The molecule has 2 aromatic rings. The number of nitrogens with one attached hydrogen (secondary N) is 3. The normalized spacial score (nSPS) is 18.0. The second-order valence-electron chi connectivity index (χ2n) is 8.19. The van der Waals surface area contributed by atoms with Gasteiger partial charge in [-0.2, -0.15) is 4.98 Å². The number of carbonyl (C=O) groups is 3. The molecule has 1 aromatic heterocycles. The predicted octanol–water partition coefficient (Wildman–Crippen LogP) is 1.62. The first-order valence-corrected chi connectivity index (χ1v) is 11.2. The standard InChI is InChI=1S/C23H27N5O6/c1-3-34-22(32)13-7-9-28(10-8-13)23-26-19-18(21(31)27-23)16(12-17(29)25-19)20(30)24-14-5-4-6-15(11-14)33-2/h4-6,11,13,16H,3,7-10,12H2,1-2H3,(H,24,30)(H2,25,26,27,29,31). The highest BCUT2D eigenvalue weighted by Crippen LogP contribution is 2.31. The molecule has 0 bridgehead atoms. The number of ether oxygens (including phenoxy) is 2. The molecule has 1 saturated heterocycles. The summed E-state index contributed by atoms with van der Waals surface area (Å²) in [5.74, 6) is -1.35. The average Bonchev–Trinajstić information content (AvgIpc) is 2.83. The van der Waals surface area contributed by atoms with E-state index in [4.69, 9.17) is 9.47 Å². The maximum atomic E-state index is 13.0. The zero-order chi connectivity index (χ0) is 24.2. The fourth-order valence-corrected chi connectivity index (χ4v) is 4.25. The maximum Gasteiger partial charge on any atom is 0.309 e. The summed E-state index contributed by atoms with van der Waals surface area (Å²) in [6, 6.07) is 6.80. The minimum Gasteiger partial charge on any atom is -0.497 e. The zero-order valence-electron chi connectivity index (χ0n) is 19.1. The largest absolute Gasteiger partial charge is 0.497 e. The fraction of sp³-hybridized carbons (Fsp3) is 0.435. The summed E-state index contributed by atoms with van der Waals surface area (Å²) in [5, 5.41) is 5.37. The Balaban J connectivity index is 1.53. The van der Waals surface area contributed by atoms with E-state index in [0.29, 0.717) is 49.9 Å². The molecule has 1 aromatic carbocycles. The van der Waals surface area contributed by atoms with Gasteiger partial charge in [0, 0.05) is 31.3 Å². The Kier molecular flexibility index (Phi) is 6.80. The number of methoxy groups -OCH3 is 1. The number of aromatic nitrogens is 2. The van der Waals surface area contributed by atoms with E-state index in [9.17, 15) is 19.2 Å². The molecule has 0 radical (unpaired) electrons. The third kappa shape index (κ3) is 4.87. The maximum absolute atomic E-state index is 13.0. The number of benzene rings is 1. The molecule has 1 unspecified atom stereocenters. The van der Waals surface area contributed by atoms with Crippen molar-refractivity contribution in [1.29, 1.82) is 0 Å². The lowest BCUT2D eigenvalue weighted by molar-refractivity contribution is -0.148. The van der Waals surface area contributed by atoms with Crippen molar-refractivity contribution in [1.82, 2.24) is 9.97 Å². The summed E-state index contributed by atoms with van der Waals surface area (Å²) in [6.45, 7) is 3.11. The van der Waals surface area contributed by atoms with Crippen LogP contribution in [0.5, 0.6) is 5.75 Å². The molecule has 2 aliphatic heterocycles. The highest BCUT2D eigenvalue weighted by molar-refractivity contribution is 6.04. The van der Waals surface area contributed by atoms with Gasteiger partial charge in [0.2, 0.25) is 17.8 Å². The number of hydrogen-bond acceptors (Lipinski definition) is 8. The van der Waals surface area contributed by atoms with E-state index >= 15 is 0 Å². The molecule has 4 rings (SSSR count). The third-order valence-corrected chi connectivity index (χ3v) is 6.01. The summed E-state index contributed by atoms with van der Waals surface area (Å²) < 4.78 is 10.3. The van der Waals surface area contributed by atoms with E-state index in [0.717, 1.165) is 0 Å². The molecule has 180 valence electrons. The molecule has 2 amide bonds. The summed E-state index contributed by atoms with van der Waals surface area (Å²) in [7, 11) is 1.52. The summed E-state index contributed by atoms with van der Waals surface area (Å²) in [4.78, 5) is 59.4. The van der Waals surface area contributed by atoms with E-state index in [1.807, 2.05) is 4.90 Å². The molecule has 0 aliphatic carbocycles. The molecule has 0 spiro atoms. The molecule has 11 heteroatoms. The topological polar surface area (TPSA) is 143 Å². The van der Waals surface area contributed by atoms with Crippen molar-refractivity contribution in [3.8, 4) is 5.75 Å². The second kappa shape index (κ2) is 9.94. The lowest BCUT2D eigenvalue weighted by atomic mass is 9.92. The van der Waals surface area contributed by atoms with Crippen LogP contribution in [0.3, 0.4) is 0 Å². The number of anilines is 3. The minimum absolute atomic E-state index is 0.0771. The Labute approximate surface area is 195 Å². The lowest BCUT2D eigenvalue weighted by Gasteiger charge is -2.32. The van der Waals surface area contributed by atoms with Gasteiger partial charge in [0.25, 0.3) is 5.56 Å². The average molecular weight is 469 g/mol. The van der Waals surface area contributed by atoms with Gasteiger partial charge in [-0.1, -0.05) is 6.07 Å². The first-order chi connectivity index (χ1) is 16.4. The quantitative estimate of drug-likeness (QED) is 0.542. The molecule has 3 N–H and O–H groups in total. The van der Waals surface area contributed by atoms with E-state index in [-0.39, 0.29) is 29.7 Å². The number of carbonyl (C=O) groups excluding carboxylic acids is 3. The molecule has 3 heterocycles. The zero-order valence-corrected chi connectivity index (χ0v) is 19.1. The first kappa shape index (κ1) is 23.3. The van der Waals surface area contributed by atoms with Gasteiger partial charge in [-0.15, -0.1) is 0 Å². The molecule has 2 aliphatic rings. The molecule has 34 heavy (non-hydrogen) atoms. The molecular formula is C23H27N5O6. The van der Waals surface area contributed by atoms with Crippen molar-refractivity contribution in [3.63, 3.8) is 0 Å². The lowest BCUT2D eigenvalue weighted by Crippen LogP contribution is -2.41. The minimum atomic E-state index is -0.991. The number of nitrogens with zero attached hydrogens (tertiary/aromatic N) is 2. The highest BCUT2D eigenvalue weighted by atomic mass is 16.5. The monoisotopic (exact) mass is 469 g/mol. The Morgan fingerprint density at radius 1 is 1.24 bits per heavy atom. The smallest absolute Gasteiger partial charge is 0.309 e. The van der Waals surface area contributed by atoms with Gasteiger partial charge in [-0.3, -0.25) is 24.2 Å². The van der Waals surface area contributed by atoms with E-state index in [2.05, 4.69) is 20.6 Å². The van der Waals surface area contributed by atoms with Gasteiger partial charge in [0.1, 0.15) is 11.6 Å².